The number of carbonyl (C=O) groups excluding carboxylic acids is 2. The molecule has 0 spiro atoms. The quantitative estimate of drug-likeness (QED) is 0.259. The molecule has 1 aliphatic carbocycles. The molecule has 2 aromatic carbocycles. The third-order valence-corrected chi connectivity index (χ3v) is 6.37. The Kier molecular flexibility index (Phi) is 6.73. The number of hydrogen-bond donors (Lipinski definition) is 4. The summed E-state index contributed by atoms with van der Waals surface area (Å²) in [5.74, 6) is -0.557. The lowest BCUT2D eigenvalue weighted by atomic mass is 9.99. The van der Waals surface area contributed by atoms with Crippen molar-refractivity contribution in [2.75, 3.05) is 13.2 Å². The molecule has 2 heterocycles. The summed E-state index contributed by atoms with van der Waals surface area (Å²) in [4.78, 5) is 33.1. The Morgan fingerprint density at radius 1 is 1.19 bits per heavy atom. The number of H-pyrrole nitrogens is 1. The van der Waals surface area contributed by atoms with Gasteiger partial charge >= 0.3 is 0 Å². The van der Waals surface area contributed by atoms with Crippen molar-refractivity contribution >= 4 is 22.6 Å². The second kappa shape index (κ2) is 10.1. The predicted octanol–water partition coefficient (Wildman–Crippen LogP) is 3.53. The highest BCUT2D eigenvalue weighted by molar-refractivity contribution is 6.16. The van der Waals surface area contributed by atoms with E-state index < -0.39 is 18.5 Å². The summed E-state index contributed by atoms with van der Waals surface area (Å²) >= 11 is 0. The van der Waals surface area contributed by atoms with E-state index in [0.29, 0.717) is 44.6 Å². The summed E-state index contributed by atoms with van der Waals surface area (Å²) in [6, 6.07) is 11.4. The zero-order valence-corrected chi connectivity index (χ0v) is 20.1. The maximum atomic E-state index is 14.6. The number of aliphatic hydroxyl groups is 2. The molecule has 2 aromatic heterocycles. The highest BCUT2D eigenvalue weighted by Crippen LogP contribution is 2.28. The molecule has 0 bridgehead atoms. The number of fused-ring (bicyclic) bond motifs is 1. The van der Waals surface area contributed by atoms with Gasteiger partial charge in [-0.2, -0.15) is 0 Å². The Hall–Kier alpha value is -4.08. The molecule has 1 unspecified atom stereocenters. The van der Waals surface area contributed by atoms with Crippen LogP contribution < -0.4 is 10.1 Å². The zero-order valence-electron chi connectivity index (χ0n) is 20.1. The number of aromatic amines is 1. The van der Waals surface area contributed by atoms with Crippen LogP contribution in [0.3, 0.4) is 0 Å². The van der Waals surface area contributed by atoms with Crippen molar-refractivity contribution in [2.24, 2.45) is 0 Å². The van der Waals surface area contributed by atoms with Crippen molar-refractivity contribution in [1.29, 1.82) is 0 Å². The Balaban J connectivity index is 1.37. The van der Waals surface area contributed by atoms with Crippen molar-refractivity contribution in [3.8, 4) is 17.0 Å². The van der Waals surface area contributed by atoms with Gasteiger partial charge in [0.15, 0.2) is 5.78 Å². The SMILES string of the molecule is Cc1c(F)cc(C(=O)NC2CC2)cc1-c1ccc(C(=O)c2c[nH]c3cc(OCC(O)CO)ccc23)cn1. The van der Waals surface area contributed by atoms with Crippen molar-refractivity contribution < 1.29 is 28.9 Å². The van der Waals surface area contributed by atoms with Crippen LogP contribution in [0.2, 0.25) is 0 Å². The van der Waals surface area contributed by atoms with Gasteiger partial charge in [-0.3, -0.25) is 14.6 Å². The molecule has 4 aromatic rings. The minimum atomic E-state index is -0.977. The molecular formula is C28H26FN3O5. The first-order valence-electron chi connectivity index (χ1n) is 12.0. The summed E-state index contributed by atoms with van der Waals surface area (Å²) in [6.45, 7) is 1.18. The van der Waals surface area contributed by atoms with E-state index in [4.69, 9.17) is 9.84 Å². The van der Waals surface area contributed by atoms with Crippen molar-refractivity contribution in [2.45, 2.75) is 31.9 Å². The van der Waals surface area contributed by atoms with Crippen molar-refractivity contribution in [3.63, 3.8) is 0 Å². The maximum absolute atomic E-state index is 14.6. The van der Waals surface area contributed by atoms with E-state index in [1.54, 1.807) is 49.5 Å². The highest BCUT2D eigenvalue weighted by atomic mass is 19.1. The fourth-order valence-electron chi connectivity index (χ4n) is 4.04. The van der Waals surface area contributed by atoms with Crippen LogP contribution in [0.1, 0.15) is 44.7 Å². The Bertz CT molecular complexity index is 1480. The third kappa shape index (κ3) is 5.23. The number of pyridine rings is 1. The number of nitrogens with zero attached hydrogens (tertiary/aromatic N) is 1. The molecule has 1 saturated carbocycles. The van der Waals surface area contributed by atoms with E-state index in [9.17, 15) is 19.1 Å². The van der Waals surface area contributed by atoms with Crippen LogP contribution in [0.15, 0.2) is 54.9 Å². The monoisotopic (exact) mass is 503 g/mol. The average Bonchev–Trinajstić information content (AvgIpc) is 3.63. The number of carbonyl (C=O) groups is 2. The van der Waals surface area contributed by atoms with Crippen LogP contribution in [0.4, 0.5) is 4.39 Å². The van der Waals surface area contributed by atoms with Crippen LogP contribution in [0.5, 0.6) is 5.75 Å². The maximum Gasteiger partial charge on any atom is 0.251 e. The van der Waals surface area contributed by atoms with Gasteiger partial charge < -0.3 is 25.3 Å². The fourth-order valence-corrected chi connectivity index (χ4v) is 4.04. The van der Waals surface area contributed by atoms with Crippen LogP contribution in [-0.4, -0.2) is 57.2 Å². The minimum Gasteiger partial charge on any atom is -0.491 e. The molecule has 1 fully saturated rings. The first-order valence-corrected chi connectivity index (χ1v) is 12.0. The van der Waals surface area contributed by atoms with Gasteiger partial charge in [0.2, 0.25) is 0 Å². The number of nitrogens with one attached hydrogen (secondary N) is 2. The molecule has 4 N–H and O–H groups in total. The van der Waals surface area contributed by atoms with Gasteiger partial charge in [0.1, 0.15) is 24.3 Å². The van der Waals surface area contributed by atoms with E-state index >= 15 is 0 Å². The van der Waals surface area contributed by atoms with E-state index in [-0.39, 0.29) is 29.9 Å². The Morgan fingerprint density at radius 2 is 2.00 bits per heavy atom. The molecule has 1 aliphatic rings. The molecule has 190 valence electrons. The molecule has 1 amide bonds. The van der Waals surface area contributed by atoms with Crippen LogP contribution in [-0.2, 0) is 0 Å². The molecule has 0 aliphatic heterocycles. The van der Waals surface area contributed by atoms with Gasteiger partial charge in [0, 0.05) is 57.7 Å². The standard InChI is InChI=1S/C28H26FN3O5/c1-15-22(8-17(9-24(15)29)28(36)32-18-3-4-18)25-7-2-16(11-30-25)27(35)23-12-31-26-10-20(5-6-21(23)26)37-14-19(34)13-33/h2,5-12,18-19,31,33-34H,3-4,13-14H2,1H3,(H,32,36). The lowest BCUT2D eigenvalue weighted by Crippen LogP contribution is -2.25. The van der Waals surface area contributed by atoms with Gasteiger partial charge in [0.25, 0.3) is 5.91 Å². The fraction of sp³-hybridized carbons (Fsp3) is 0.250. The highest BCUT2D eigenvalue weighted by Gasteiger charge is 2.25. The largest absolute Gasteiger partial charge is 0.491 e. The minimum absolute atomic E-state index is 0.0516. The van der Waals surface area contributed by atoms with Gasteiger partial charge in [-0.05, 0) is 61.7 Å². The molecule has 0 saturated heterocycles. The average molecular weight is 504 g/mol. The summed E-state index contributed by atoms with van der Waals surface area (Å²) < 4.78 is 20.1. The summed E-state index contributed by atoms with van der Waals surface area (Å²) in [5.41, 5.74) is 3.04. The molecular weight excluding hydrogens is 477 g/mol. The van der Waals surface area contributed by atoms with E-state index in [1.807, 2.05) is 0 Å². The lowest BCUT2D eigenvalue weighted by Gasteiger charge is -2.11. The first kappa shape index (κ1) is 24.6. The zero-order chi connectivity index (χ0) is 26.1. The predicted molar refractivity (Wildman–Crippen MR) is 135 cm³/mol. The summed E-state index contributed by atoms with van der Waals surface area (Å²) in [6.07, 6.45) is 3.94. The Morgan fingerprint density at radius 3 is 2.70 bits per heavy atom. The second-order valence-electron chi connectivity index (χ2n) is 9.20. The molecule has 5 rings (SSSR count). The number of aliphatic hydroxyl groups excluding tert-OH is 2. The van der Waals surface area contributed by atoms with E-state index in [2.05, 4.69) is 15.3 Å². The number of ether oxygens (including phenoxy) is 1. The number of halogens is 1. The topological polar surface area (TPSA) is 125 Å². The second-order valence-corrected chi connectivity index (χ2v) is 9.20. The van der Waals surface area contributed by atoms with Crippen LogP contribution in [0, 0.1) is 12.7 Å². The van der Waals surface area contributed by atoms with Gasteiger partial charge in [-0.1, -0.05) is 0 Å². The van der Waals surface area contributed by atoms with Crippen LogP contribution in [0.25, 0.3) is 22.2 Å². The number of aromatic nitrogens is 2. The number of hydrogen-bond acceptors (Lipinski definition) is 6. The molecule has 0 radical (unpaired) electrons. The molecule has 9 heteroatoms. The molecule has 37 heavy (non-hydrogen) atoms. The smallest absolute Gasteiger partial charge is 0.251 e. The van der Waals surface area contributed by atoms with Gasteiger partial charge in [-0.25, -0.2) is 4.39 Å². The summed E-state index contributed by atoms with van der Waals surface area (Å²) in [5, 5.41) is 21.9. The molecule has 8 nitrogen and oxygen atoms in total. The van der Waals surface area contributed by atoms with Crippen molar-refractivity contribution in [3.05, 3.63) is 82.9 Å². The Labute approximate surface area is 212 Å². The van der Waals surface area contributed by atoms with Gasteiger partial charge in [0.05, 0.1) is 12.3 Å². The normalized spacial score (nSPS) is 13.9. The molecule has 1 atom stereocenters. The number of rotatable bonds is 9. The lowest BCUT2D eigenvalue weighted by molar-refractivity contribution is 0.0536. The number of ketones is 1. The number of amides is 1. The first-order chi connectivity index (χ1) is 17.8. The van der Waals surface area contributed by atoms with E-state index in [0.717, 1.165) is 12.8 Å². The van der Waals surface area contributed by atoms with Gasteiger partial charge in [-0.15, -0.1) is 0 Å². The van der Waals surface area contributed by atoms with Crippen molar-refractivity contribution in [1.82, 2.24) is 15.3 Å². The van der Waals surface area contributed by atoms with Crippen LogP contribution >= 0.6 is 0 Å². The number of benzene rings is 2. The third-order valence-electron chi connectivity index (χ3n) is 6.37. The summed E-state index contributed by atoms with van der Waals surface area (Å²) in [7, 11) is 0. The van der Waals surface area contributed by atoms with E-state index in [1.165, 1.54) is 12.3 Å².